The van der Waals surface area contributed by atoms with Crippen LogP contribution in [-0.2, 0) is 6.54 Å². The molecule has 2 aromatic rings. The fourth-order valence-electron chi connectivity index (χ4n) is 2.06. The van der Waals surface area contributed by atoms with Crippen LogP contribution < -0.4 is 4.90 Å². The Morgan fingerprint density at radius 1 is 1.30 bits per heavy atom. The molecule has 20 heavy (non-hydrogen) atoms. The highest BCUT2D eigenvalue weighted by Gasteiger charge is 2.17. The predicted molar refractivity (Wildman–Crippen MR) is 82.2 cm³/mol. The maximum atomic E-state index is 11.4. The van der Waals surface area contributed by atoms with Gasteiger partial charge < -0.3 is 10.0 Å². The van der Waals surface area contributed by atoms with Gasteiger partial charge in [0.1, 0.15) is 0 Å². The summed E-state index contributed by atoms with van der Waals surface area (Å²) < 4.78 is 0.576. The highest BCUT2D eigenvalue weighted by Crippen LogP contribution is 2.28. The number of carbonyl (C=O) groups is 1. The quantitative estimate of drug-likeness (QED) is 0.929. The van der Waals surface area contributed by atoms with Crippen LogP contribution in [0, 0.1) is 6.92 Å². The Balaban J connectivity index is 2.32. The number of hydrogen-bond acceptors (Lipinski definition) is 3. The normalized spacial score (nSPS) is 10.3. The Morgan fingerprint density at radius 2 is 2.00 bits per heavy atom. The number of rotatable bonds is 4. The van der Waals surface area contributed by atoms with Crippen molar-refractivity contribution in [1.82, 2.24) is 4.98 Å². The number of benzene rings is 1. The monoisotopic (exact) mass is 334 g/mol. The van der Waals surface area contributed by atoms with Gasteiger partial charge in [-0.1, -0.05) is 12.1 Å². The number of aromatic carboxylic acids is 1. The van der Waals surface area contributed by atoms with E-state index in [0.29, 0.717) is 16.7 Å². The SMILES string of the molecule is Cc1cccc(CN(C)c2cccc(Br)c2C(=O)O)n1. The van der Waals surface area contributed by atoms with Crippen LogP contribution in [0.4, 0.5) is 5.69 Å². The van der Waals surface area contributed by atoms with Gasteiger partial charge >= 0.3 is 5.97 Å². The first kappa shape index (κ1) is 14.5. The number of aryl methyl sites for hydroxylation is 1. The highest BCUT2D eigenvalue weighted by atomic mass is 79.9. The lowest BCUT2D eigenvalue weighted by molar-refractivity contribution is 0.0696. The topological polar surface area (TPSA) is 53.4 Å². The number of nitrogens with zero attached hydrogens (tertiary/aromatic N) is 2. The summed E-state index contributed by atoms with van der Waals surface area (Å²) in [5.41, 5.74) is 2.78. The zero-order chi connectivity index (χ0) is 14.7. The van der Waals surface area contributed by atoms with Crippen molar-refractivity contribution in [3.05, 3.63) is 57.8 Å². The Hall–Kier alpha value is -1.88. The van der Waals surface area contributed by atoms with Gasteiger partial charge in [0.15, 0.2) is 0 Å². The molecule has 1 aromatic heterocycles. The van der Waals surface area contributed by atoms with Gasteiger partial charge in [-0.3, -0.25) is 4.98 Å². The minimum absolute atomic E-state index is 0.266. The first-order valence-electron chi connectivity index (χ1n) is 6.14. The Labute approximate surface area is 126 Å². The Kier molecular flexibility index (Phi) is 4.39. The molecule has 0 aliphatic carbocycles. The zero-order valence-corrected chi connectivity index (χ0v) is 12.9. The van der Waals surface area contributed by atoms with Gasteiger partial charge in [0.25, 0.3) is 0 Å². The number of hydrogen-bond donors (Lipinski definition) is 1. The van der Waals surface area contributed by atoms with E-state index in [0.717, 1.165) is 11.4 Å². The highest BCUT2D eigenvalue weighted by molar-refractivity contribution is 9.10. The molecule has 0 saturated carbocycles. The number of pyridine rings is 1. The summed E-state index contributed by atoms with van der Waals surface area (Å²) in [7, 11) is 1.86. The summed E-state index contributed by atoms with van der Waals surface area (Å²) in [6.07, 6.45) is 0. The molecular weight excluding hydrogens is 320 g/mol. The van der Waals surface area contributed by atoms with E-state index < -0.39 is 5.97 Å². The standard InChI is InChI=1S/C15H15BrN2O2/c1-10-5-3-6-11(17-10)9-18(2)13-8-4-7-12(16)14(13)15(19)20/h3-8H,9H2,1-2H3,(H,19,20). The molecule has 0 unspecified atom stereocenters. The van der Waals surface area contributed by atoms with Crippen molar-refractivity contribution < 1.29 is 9.90 Å². The Bertz CT molecular complexity index is 644. The lowest BCUT2D eigenvalue weighted by Gasteiger charge is -2.21. The summed E-state index contributed by atoms with van der Waals surface area (Å²) in [5, 5.41) is 9.33. The summed E-state index contributed by atoms with van der Waals surface area (Å²) in [6.45, 7) is 2.49. The van der Waals surface area contributed by atoms with Crippen molar-refractivity contribution in [1.29, 1.82) is 0 Å². The van der Waals surface area contributed by atoms with Crippen molar-refractivity contribution in [2.24, 2.45) is 0 Å². The molecule has 1 N–H and O–H groups in total. The smallest absolute Gasteiger partial charge is 0.338 e. The van der Waals surface area contributed by atoms with Crippen LogP contribution >= 0.6 is 15.9 Å². The molecule has 0 atom stereocenters. The van der Waals surface area contributed by atoms with Gasteiger partial charge in [0.05, 0.1) is 23.5 Å². The third-order valence-corrected chi connectivity index (χ3v) is 3.62. The van der Waals surface area contributed by atoms with Crippen LogP contribution in [0.1, 0.15) is 21.7 Å². The van der Waals surface area contributed by atoms with Gasteiger partial charge in [-0.25, -0.2) is 4.79 Å². The minimum atomic E-state index is -0.948. The van der Waals surface area contributed by atoms with Crippen LogP contribution in [0.3, 0.4) is 0 Å². The van der Waals surface area contributed by atoms with Crippen LogP contribution in [-0.4, -0.2) is 23.1 Å². The van der Waals surface area contributed by atoms with Crippen molar-refractivity contribution in [2.45, 2.75) is 13.5 Å². The molecule has 0 aliphatic heterocycles. The second kappa shape index (κ2) is 6.05. The molecule has 0 saturated heterocycles. The van der Waals surface area contributed by atoms with E-state index in [-0.39, 0.29) is 5.56 Å². The molecule has 4 nitrogen and oxygen atoms in total. The van der Waals surface area contributed by atoms with Crippen LogP contribution in [0.2, 0.25) is 0 Å². The number of halogens is 1. The summed E-state index contributed by atoms with van der Waals surface area (Å²) >= 11 is 3.29. The summed E-state index contributed by atoms with van der Waals surface area (Å²) in [5.74, 6) is -0.948. The van der Waals surface area contributed by atoms with Crippen LogP contribution in [0.5, 0.6) is 0 Å². The van der Waals surface area contributed by atoms with E-state index in [1.165, 1.54) is 0 Å². The molecule has 104 valence electrons. The van der Waals surface area contributed by atoms with Crippen LogP contribution in [0.25, 0.3) is 0 Å². The molecule has 1 aromatic carbocycles. The van der Waals surface area contributed by atoms with Gasteiger partial charge in [-0.05, 0) is 47.1 Å². The Morgan fingerprint density at radius 3 is 2.65 bits per heavy atom. The van der Waals surface area contributed by atoms with Crippen molar-refractivity contribution in [2.75, 3.05) is 11.9 Å². The van der Waals surface area contributed by atoms with Gasteiger partial charge in [0, 0.05) is 17.2 Å². The molecule has 0 radical (unpaired) electrons. The van der Waals surface area contributed by atoms with Gasteiger partial charge in [-0.15, -0.1) is 0 Å². The maximum Gasteiger partial charge on any atom is 0.338 e. The molecule has 0 amide bonds. The van der Waals surface area contributed by atoms with Gasteiger partial charge in [-0.2, -0.15) is 0 Å². The summed E-state index contributed by atoms with van der Waals surface area (Å²) in [4.78, 5) is 17.7. The molecule has 5 heteroatoms. The second-order valence-corrected chi connectivity index (χ2v) is 5.42. The van der Waals surface area contributed by atoms with Crippen molar-refractivity contribution in [3.63, 3.8) is 0 Å². The van der Waals surface area contributed by atoms with E-state index in [4.69, 9.17) is 0 Å². The van der Waals surface area contributed by atoms with Crippen molar-refractivity contribution in [3.8, 4) is 0 Å². The van der Waals surface area contributed by atoms with Crippen molar-refractivity contribution >= 4 is 27.6 Å². The first-order chi connectivity index (χ1) is 9.49. The average molecular weight is 335 g/mol. The first-order valence-corrected chi connectivity index (χ1v) is 6.94. The van der Waals surface area contributed by atoms with E-state index >= 15 is 0 Å². The van der Waals surface area contributed by atoms with Crippen LogP contribution in [0.15, 0.2) is 40.9 Å². The van der Waals surface area contributed by atoms with E-state index in [1.807, 2.05) is 43.1 Å². The summed E-state index contributed by atoms with van der Waals surface area (Å²) in [6, 6.07) is 11.2. The zero-order valence-electron chi connectivity index (χ0n) is 11.3. The molecule has 2 rings (SSSR count). The third-order valence-electron chi connectivity index (χ3n) is 2.96. The lowest BCUT2D eigenvalue weighted by Crippen LogP contribution is -2.20. The molecule has 0 fully saturated rings. The number of aromatic nitrogens is 1. The molecular formula is C15H15BrN2O2. The molecule has 0 bridgehead atoms. The van der Waals surface area contributed by atoms with E-state index in [1.54, 1.807) is 12.1 Å². The van der Waals surface area contributed by atoms with Gasteiger partial charge in [0.2, 0.25) is 0 Å². The molecule has 0 spiro atoms. The van der Waals surface area contributed by atoms with E-state index in [9.17, 15) is 9.90 Å². The average Bonchev–Trinajstić information content (AvgIpc) is 2.37. The maximum absolute atomic E-state index is 11.4. The fourth-order valence-corrected chi connectivity index (χ4v) is 2.58. The lowest BCUT2D eigenvalue weighted by atomic mass is 10.1. The minimum Gasteiger partial charge on any atom is -0.478 e. The number of carboxylic acids is 1. The molecule has 0 aliphatic rings. The predicted octanol–water partition coefficient (Wildman–Crippen LogP) is 3.49. The second-order valence-electron chi connectivity index (χ2n) is 4.57. The molecule has 1 heterocycles. The largest absolute Gasteiger partial charge is 0.478 e. The third kappa shape index (κ3) is 3.17. The van der Waals surface area contributed by atoms with E-state index in [2.05, 4.69) is 20.9 Å². The number of carboxylic acid groups (broad SMARTS) is 1. The number of anilines is 1. The fraction of sp³-hybridized carbons (Fsp3) is 0.200.